The van der Waals surface area contributed by atoms with Gasteiger partial charge < -0.3 is 11.1 Å². The zero-order valence-corrected chi connectivity index (χ0v) is 8.06. The summed E-state index contributed by atoms with van der Waals surface area (Å²) < 4.78 is 25.3. The molecule has 0 saturated heterocycles. The van der Waals surface area contributed by atoms with Gasteiger partial charge in [0.2, 0.25) is 0 Å². The van der Waals surface area contributed by atoms with E-state index in [0.717, 1.165) is 6.07 Å². The van der Waals surface area contributed by atoms with Crippen molar-refractivity contribution in [2.45, 2.75) is 19.5 Å². The Morgan fingerprint density at radius 2 is 2.07 bits per heavy atom. The van der Waals surface area contributed by atoms with Crippen molar-refractivity contribution < 1.29 is 8.78 Å². The molecule has 1 aromatic carbocycles. The Labute approximate surface area is 82.1 Å². The van der Waals surface area contributed by atoms with Crippen molar-refractivity contribution in [3.63, 3.8) is 0 Å². The molecule has 0 aliphatic carbocycles. The number of hydrogen-bond acceptors (Lipinski definition) is 2. The van der Waals surface area contributed by atoms with Gasteiger partial charge in [-0.3, -0.25) is 0 Å². The Morgan fingerprint density at radius 3 is 2.64 bits per heavy atom. The van der Waals surface area contributed by atoms with E-state index in [4.69, 9.17) is 5.73 Å². The molecule has 0 aliphatic heterocycles. The fourth-order valence-electron chi connectivity index (χ4n) is 1.03. The Morgan fingerprint density at radius 1 is 1.36 bits per heavy atom. The van der Waals surface area contributed by atoms with Crippen LogP contribution in [0.25, 0.3) is 0 Å². The molecule has 0 amide bonds. The summed E-state index contributed by atoms with van der Waals surface area (Å²) in [5, 5.41) is 3.08. The van der Waals surface area contributed by atoms with Crippen LogP contribution in [0.3, 0.4) is 0 Å². The predicted molar refractivity (Wildman–Crippen MR) is 51.7 cm³/mol. The molecule has 3 N–H and O–H groups in total. The Bertz CT molecular complexity index is 302. The van der Waals surface area contributed by atoms with Crippen LogP contribution in [0, 0.1) is 11.6 Å². The van der Waals surface area contributed by atoms with Crippen LogP contribution in [-0.4, -0.2) is 12.6 Å². The van der Waals surface area contributed by atoms with Gasteiger partial charge >= 0.3 is 0 Å². The maximum absolute atomic E-state index is 12.8. The molecule has 0 heterocycles. The molecule has 0 radical (unpaired) electrons. The van der Waals surface area contributed by atoms with Crippen molar-refractivity contribution >= 4 is 0 Å². The van der Waals surface area contributed by atoms with Crippen LogP contribution in [0.15, 0.2) is 18.2 Å². The van der Waals surface area contributed by atoms with Crippen LogP contribution in [0.1, 0.15) is 12.5 Å². The average Bonchev–Trinajstić information content (AvgIpc) is 2.19. The molecule has 1 aromatic rings. The highest BCUT2D eigenvalue weighted by Crippen LogP contribution is 2.08. The van der Waals surface area contributed by atoms with Crippen LogP contribution < -0.4 is 11.1 Å². The maximum atomic E-state index is 12.8. The van der Waals surface area contributed by atoms with Crippen molar-refractivity contribution in [2.75, 3.05) is 6.54 Å². The van der Waals surface area contributed by atoms with E-state index in [1.165, 1.54) is 6.07 Å². The predicted octanol–water partition coefficient (Wildman–Crippen LogP) is 1.40. The van der Waals surface area contributed by atoms with Gasteiger partial charge in [-0.1, -0.05) is 6.07 Å². The van der Waals surface area contributed by atoms with E-state index >= 15 is 0 Å². The fraction of sp³-hybridized carbons (Fsp3) is 0.400. The summed E-state index contributed by atoms with van der Waals surface area (Å²) in [4.78, 5) is 0. The summed E-state index contributed by atoms with van der Waals surface area (Å²) in [6, 6.07) is 4.03. The zero-order valence-electron chi connectivity index (χ0n) is 8.06. The third kappa shape index (κ3) is 3.05. The molecule has 0 saturated carbocycles. The molecule has 0 aliphatic rings. The normalized spacial score (nSPS) is 12.9. The van der Waals surface area contributed by atoms with Crippen molar-refractivity contribution in [2.24, 2.45) is 5.73 Å². The van der Waals surface area contributed by atoms with E-state index < -0.39 is 11.6 Å². The first-order chi connectivity index (χ1) is 6.63. The molecule has 78 valence electrons. The molecular weight excluding hydrogens is 186 g/mol. The summed E-state index contributed by atoms with van der Waals surface area (Å²) in [6.45, 7) is 2.94. The van der Waals surface area contributed by atoms with Crippen LogP contribution in [-0.2, 0) is 6.54 Å². The summed E-state index contributed by atoms with van der Waals surface area (Å²) in [7, 11) is 0. The van der Waals surface area contributed by atoms with E-state index in [1.807, 2.05) is 6.92 Å². The Balaban J connectivity index is 2.55. The van der Waals surface area contributed by atoms with Crippen LogP contribution >= 0.6 is 0 Å². The van der Waals surface area contributed by atoms with Crippen molar-refractivity contribution in [1.29, 1.82) is 0 Å². The average molecular weight is 200 g/mol. The van der Waals surface area contributed by atoms with E-state index in [0.29, 0.717) is 18.7 Å². The minimum atomic E-state index is -0.819. The highest BCUT2D eigenvalue weighted by atomic mass is 19.2. The maximum Gasteiger partial charge on any atom is 0.159 e. The van der Waals surface area contributed by atoms with Gasteiger partial charge in [-0.05, 0) is 24.6 Å². The van der Waals surface area contributed by atoms with Crippen molar-refractivity contribution in [1.82, 2.24) is 5.32 Å². The summed E-state index contributed by atoms with van der Waals surface area (Å²) in [5.74, 6) is -1.63. The second-order valence-electron chi connectivity index (χ2n) is 3.27. The SMILES string of the molecule is C[C@H](CN)NCc1ccc(F)c(F)c1. The first-order valence-corrected chi connectivity index (χ1v) is 4.51. The van der Waals surface area contributed by atoms with Gasteiger partial charge in [0.1, 0.15) is 0 Å². The minimum absolute atomic E-state index is 0.170. The molecule has 1 rings (SSSR count). The molecule has 14 heavy (non-hydrogen) atoms. The number of benzene rings is 1. The van der Waals surface area contributed by atoms with Crippen LogP contribution in [0.2, 0.25) is 0 Å². The third-order valence-electron chi connectivity index (χ3n) is 1.99. The highest BCUT2D eigenvalue weighted by Gasteiger charge is 2.03. The summed E-state index contributed by atoms with van der Waals surface area (Å²) in [5.41, 5.74) is 6.11. The number of hydrogen-bond donors (Lipinski definition) is 2. The third-order valence-corrected chi connectivity index (χ3v) is 1.99. The highest BCUT2D eigenvalue weighted by molar-refractivity contribution is 5.17. The topological polar surface area (TPSA) is 38.0 Å². The number of nitrogens with two attached hydrogens (primary N) is 1. The largest absolute Gasteiger partial charge is 0.329 e. The Kier molecular flexibility index (Phi) is 3.98. The van der Waals surface area contributed by atoms with Gasteiger partial charge in [-0.15, -0.1) is 0 Å². The number of rotatable bonds is 4. The van der Waals surface area contributed by atoms with Crippen LogP contribution in [0.4, 0.5) is 8.78 Å². The van der Waals surface area contributed by atoms with Crippen molar-refractivity contribution in [3.8, 4) is 0 Å². The lowest BCUT2D eigenvalue weighted by Crippen LogP contribution is -2.32. The van der Waals surface area contributed by atoms with Gasteiger partial charge in [0.05, 0.1) is 0 Å². The number of nitrogens with one attached hydrogen (secondary N) is 1. The smallest absolute Gasteiger partial charge is 0.159 e. The standard InChI is InChI=1S/C10H14F2N2/c1-7(5-13)14-6-8-2-3-9(11)10(12)4-8/h2-4,7,14H,5-6,13H2,1H3/t7-/m1/s1. The molecule has 0 fully saturated rings. The van der Waals surface area contributed by atoms with E-state index in [1.54, 1.807) is 6.07 Å². The molecule has 4 heteroatoms. The number of halogens is 2. The minimum Gasteiger partial charge on any atom is -0.329 e. The van der Waals surface area contributed by atoms with Gasteiger partial charge in [-0.2, -0.15) is 0 Å². The first kappa shape index (κ1) is 11.1. The molecule has 0 aromatic heterocycles. The second kappa shape index (κ2) is 5.02. The molecule has 0 unspecified atom stereocenters. The van der Waals surface area contributed by atoms with E-state index in [-0.39, 0.29) is 6.04 Å². The molecule has 0 bridgehead atoms. The Hall–Kier alpha value is -1.00. The monoisotopic (exact) mass is 200 g/mol. The van der Waals surface area contributed by atoms with Gasteiger partial charge in [0, 0.05) is 19.1 Å². The second-order valence-corrected chi connectivity index (χ2v) is 3.27. The van der Waals surface area contributed by atoms with Gasteiger partial charge in [0.15, 0.2) is 11.6 Å². The fourth-order valence-corrected chi connectivity index (χ4v) is 1.03. The van der Waals surface area contributed by atoms with E-state index in [2.05, 4.69) is 5.32 Å². The lowest BCUT2D eigenvalue weighted by atomic mass is 10.2. The molecular formula is C10H14F2N2. The summed E-state index contributed by atoms with van der Waals surface area (Å²) >= 11 is 0. The molecule has 1 atom stereocenters. The van der Waals surface area contributed by atoms with Gasteiger partial charge in [-0.25, -0.2) is 8.78 Å². The lowest BCUT2D eigenvalue weighted by Gasteiger charge is -2.10. The lowest BCUT2D eigenvalue weighted by molar-refractivity contribution is 0.503. The zero-order chi connectivity index (χ0) is 10.6. The van der Waals surface area contributed by atoms with Crippen LogP contribution in [0.5, 0.6) is 0 Å². The van der Waals surface area contributed by atoms with Gasteiger partial charge in [0.25, 0.3) is 0 Å². The first-order valence-electron chi connectivity index (χ1n) is 4.51. The molecule has 2 nitrogen and oxygen atoms in total. The quantitative estimate of drug-likeness (QED) is 0.771. The van der Waals surface area contributed by atoms with E-state index in [9.17, 15) is 8.78 Å². The molecule has 0 spiro atoms. The summed E-state index contributed by atoms with van der Waals surface area (Å²) in [6.07, 6.45) is 0. The van der Waals surface area contributed by atoms with Crippen molar-refractivity contribution in [3.05, 3.63) is 35.4 Å².